The van der Waals surface area contributed by atoms with Crippen LogP contribution in [0.1, 0.15) is 76.8 Å². The number of nitrogens with one attached hydrogen (secondary N) is 3. The molecule has 4 rings (SSSR count). The van der Waals surface area contributed by atoms with E-state index in [2.05, 4.69) is 48.4 Å². The SMILES string of the molecule is CCC(=O)N[C@@H](Cc1nc2ccc(CC)cc2s1)C(=O)C(=N)C1C[C@]1(CNC(=O)/C=C/CN1CCCCC1)[C@@H](C)CC. The maximum absolute atomic E-state index is 13.8. The number of benzene rings is 1. The minimum absolute atomic E-state index is 0.0426. The van der Waals surface area contributed by atoms with E-state index in [-0.39, 0.29) is 53.4 Å². The van der Waals surface area contributed by atoms with Crippen molar-refractivity contribution in [3.63, 3.8) is 0 Å². The monoisotopic (exact) mass is 593 g/mol. The van der Waals surface area contributed by atoms with Crippen molar-refractivity contribution in [1.82, 2.24) is 20.5 Å². The Morgan fingerprint density at radius 3 is 2.64 bits per heavy atom. The Kier molecular flexibility index (Phi) is 11.1. The number of aromatic nitrogens is 1. The van der Waals surface area contributed by atoms with E-state index < -0.39 is 6.04 Å². The van der Waals surface area contributed by atoms with Crippen molar-refractivity contribution < 1.29 is 14.4 Å². The summed E-state index contributed by atoms with van der Waals surface area (Å²) in [4.78, 5) is 45.9. The molecule has 3 N–H and O–H groups in total. The molecular weight excluding hydrogens is 546 g/mol. The number of hydrogen-bond acceptors (Lipinski definition) is 7. The first-order valence-electron chi connectivity index (χ1n) is 15.7. The van der Waals surface area contributed by atoms with Crippen molar-refractivity contribution in [3.05, 3.63) is 40.9 Å². The van der Waals surface area contributed by atoms with E-state index in [9.17, 15) is 14.4 Å². The van der Waals surface area contributed by atoms with Crippen LogP contribution in [-0.2, 0) is 27.2 Å². The number of rotatable bonds is 15. The number of carbonyl (C=O) groups is 3. The predicted octanol–water partition coefficient (Wildman–Crippen LogP) is 5.10. The molecule has 0 radical (unpaired) electrons. The van der Waals surface area contributed by atoms with Gasteiger partial charge in [-0.05, 0) is 67.8 Å². The normalized spacial score (nSPS) is 22.1. The number of carbonyl (C=O) groups excluding carboxylic acids is 3. The smallest absolute Gasteiger partial charge is 0.243 e. The molecule has 0 spiro atoms. The molecule has 4 atom stereocenters. The Balaban J connectivity index is 1.42. The van der Waals surface area contributed by atoms with Crippen LogP contribution in [0.2, 0.25) is 0 Å². The summed E-state index contributed by atoms with van der Waals surface area (Å²) in [5.41, 5.74) is 1.82. The average molecular weight is 594 g/mol. The van der Waals surface area contributed by atoms with Gasteiger partial charge in [-0.2, -0.15) is 0 Å². The van der Waals surface area contributed by atoms with E-state index in [1.165, 1.54) is 36.2 Å². The number of hydrogen-bond donors (Lipinski definition) is 3. The number of likely N-dealkylation sites (tertiary alicyclic amines) is 1. The van der Waals surface area contributed by atoms with Gasteiger partial charge in [0.15, 0.2) is 5.78 Å². The molecule has 1 saturated carbocycles. The van der Waals surface area contributed by atoms with Gasteiger partial charge in [0.1, 0.15) is 0 Å². The Labute approximate surface area is 254 Å². The zero-order valence-electron chi connectivity index (χ0n) is 25.6. The number of nitrogens with zero attached hydrogens (tertiary/aromatic N) is 2. The first kappa shape index (κ1) is 32.0. The van der Waals surface area contributed by atoms with Crippen LogP contribution in [0.25, 0.3) is 10.2 Å². The molecule has 2 aliphatic rings. The number of amides is 2. The van der Waals surface area contributed by atoms with Crippen LogP contribution in [0.15, 0.2) is 30.4 Å². The molecule has 0 bridgehead atoms. The Morgan fingerprint density at radius 2 is 1.95 bits per heavy atom. The lowest BCUT2D eigenvalue weighted by Gasteiger charge is -2.26. The number of Topliss-reactive ketones (excluding diaryl/α,β-unsaturated/α-hetero) is 1. The number of thiazole rings is 1. The summed E-state index contributed by atoms with van der Waals surface area (Å²) in [6.07, 6.45) is 10.3. The van der Waals surface area contributed by atoms with E-state index in [1.807, 2.05) is 12.1 Å². The van der Waals surface area contributed by atoms with E-state index >= 15 is 0 Å². The summed E-state index contributed by atoms with van der Waals surface area (Å²) in [6, 6.07) is 5.36. The molecule has 1 aromatic carbocycles. The van der Waals surface area contributed by atoms with Crippen molar-refractivity contribution in [2.75, 3.05) is 26.2 Å². The lowest BCUT2D eigenvalue weighted by molar-refractivity contribution is -0.125. The van der Waals surface area contributed by atoms with Crippen molar-refractivity contribution in [1.29, 1.82) is 5.41 Å². The highest BCUT2D eigenvalue weighted by molar-refractivity contribution is 7.18. The van der Waals surface area contributed by atoms with Gasteiger partial charge in [0.05, 0.1) is 27.0 Å². The third-order valence-corrected chi connectivity index (χ3v) is 10.3. The maximum Gasteiger partial charge on any atom is 0.243 e. The Morgan fingerprint density at radius 1 is 1.19 bits per heavy atom. The van der Waals surface area contributed by atoms with Crippen LogP contribution in [0.3, 0.4) is 0 Å². The van der Waals surface area contributed by atoms with Crippen LogP contribution in [0, 0.1) is 22.7 Å². The van der Waals surface area contributed by atoms with Gasteiger partial charge in [-0.3, -0.25) is 19.3 Å². The molecule has 1 aliphatic carbocycles. The second-order valence-electron chi connectivity index (χ2n) is 12.0. The third-order valence-electron chi connectivity index (χ3n) is 9.26. The molecule has 42 heavy (non-hydrogen) atoms. The fourth-order valence-corrected chi connectivity index (χ4v) is 7.23. The van der Waals surface area contributed by atoms with Gasteiger partial charge in [0.2, 0.25) is 11.8 Å². The van der Waals surface area contributed by atoms with E-state index in [0.717, 1.165) is 47.7 Å². The van der Waals surface area contributed by atoms with Crippen molar-refractivity contribution in [2.24, 2.45) is 17.3 Å². The summed E-state index contributed by atoms with van der Waals surface area (Å²) in [7, 11) is 0. The quantitative estimate of drug-likeness (QED) is 0.196. The highest BCUT2D eigenvalue weighted by atomic mass is 32.1. The number of piperidine rings is 1. The van der Waals surface area contributed by atoms with Crippen molar-refractivity contribution >= 4 is 44.9 Å². The minimum atomic E-state index is -0.835. The summed E-state index contributed by atoms with van der Waals surface area (Å²) in [5, 5.41) is 15.7. The molecule has 1 aromatic heterocycles. The second kappa shape index (κ2) is 14.5. The number of fused-ring (bicyclic) bond motifs is 1. The van der Waals surface area contributed by atoms with Crippen LogP contribution in [0.5, 0.6) is 0 Å². The van der Waals surface area contributed by atoms with Gasteiger partial charge in [-0.25, -0.2) is 4.98 Å². The van der Waals surface area contributed by atoms with Crippen LogP contribution < -0.4 is 10.6 Å². The minimum Gasteiger partial charge on any atom is -0.352 e. The Bertz CT molecular complexity index is 1310. The second-order valence-corrected chi connectivity index (χ2v) is 13.1. The topological polar surface area (TPSA) is 115 Å². The fourth-order valence-electron chi connectivity index (χ4n) is 6.16. The highest BCUT2D eigenvalue weighted by Crippen LogP contribution is 2.59. The van der Waals surface area contributed by atoms with E-state index in [1.54, 1.807) is 13.0 Å². The molecule has 1 unspecified atom stereocenters. The first-order chi connectivity index (χ1) is 20.2. The van der Waals surface area contributed by atoms with E-state index in [4.69, 9.17) is 10.4 Å². The van der Waals surface area contributed by atoms with Crippen molar-refractivity contribution in [2.45, 2.75) is 85.1 Å². The lowest BCUT2D eigenvalue weighted by atomic mass is 9.84. The van der Waals surface area contributed by atoms with Crippen LogP contribution >= 0.6 is 11.3 Å². The number of aryl methyl sites for hydroxylation is 1. The van der Waals surface area contributed by atoms with Gasteiger partial charge in [-0.15, -0.1) is 11.3 Å². The zero-order chi connectivity index (χ0) is 30.3. The predicted molar refractivity (Wildman–Crippen MR) is 170 cm³/mol. The lowest BCUT2D eigenvalue weighted by Crippen LogP contribution is -2.46. The molecule has 8 nitrogen and oxygen atoms in total. The van der Waals surface area contributed by atoms with Crippen LogP contribution in [-0.4, -0.2) is 65.4 Å². The molecule has 228 valence electrons. The van der Waals surface area contributed by atoms with Gasteiger partial charge in [0, 0.05) is 37.9 Å². The fraction of sp³-hybridized carbons (Fsp3) is 0.606. The van der Waals surface area contributed by atoms with Gasteiger partial charge < -0.3 is 16.0 Å². The molecule has 2 amide bonds. The molecular formula is C33H47N5O3S. The number of ketones is 1. The molecule has 9 heteroatoms. The zero-order valence-corrected chi connectivity index (χ0v) is 26.4. The maximum atomic E-state index is 13.8. The highest BCUT2D eigenvalue weighted by Gasteiger charge is 2.60. The van der Waals surface area contributed by atoms with Gasteiger partial charge in [-0.1, -0.05) is 52.7 Å². The Hall–Kier alpha value is -2.91. The summed E-state index contributed by atoms with van der Waals surface area (Å²) >= 11 is 1.54. The van der Waals surface area contributed by atoms with Crippen LogP contribution in [0.4, 0.5) is 0 Å². The molecule has 2 fully saturated rings. The summed E-state index contributed by atoms with van der Waals surface area (Å²) in [6.45, 7) is 11.5. The summed E-state index contributed by atoms with van der Waals surface area (Å²) < 4.78 is 1.06. The van der Waals surface area contributed by atoms with Gasteiger partial charge in [0.25, 0.3) is 0 Å². The van der Waals surface area contributed by atoms with Gasteiger partial charge >= 0.3 is 0 Å². The largest absolute Gasteiger partial charge is 0.352 e. The van der Waals surface area contributed by atoms with E-state index in [0.29, 0.717) is 13.0 Å². The van der Waals surface area contributed by atoms with Crippen molar-refractivity contribution in [3.8, 4) is 0 Å². The summed E-state index contributed by atoms with van der Waals surface area (Å²) in [5.74, 6) is -0.722. The molecule has 2 heterocycles. The molecule has 1 saturated heterocycles. The average Bonchev–Trinajstić information content (AvgIpc) is 3.62. The molecule has 1 aliphatic heterocycles. The molecule has 2 aromatic rings. The first-order valence-corrected chi connectivity index (χ1v) is 16.5. The third kappa shape index (κ3) is 7.72. The standard InChI is InChI=1S/C33H47N5O3S/c1-5-22(4)33(21-35-29(40)12-11-17-38-15-9-8-10-16-38)20-24(33)31(34)32(41)26(36-28(39)7-3)19-30-37-25-14-13-23(6-2)18-27(25)42-30/h11-14,18,22,24,26,34H,5-10,15-17,19-21H2,1-4H3,(H,35,40)(H,36,39)/b12-11+,34-31?/t22-,24?,26-,33-/m0/s1.